The summed E-state index contributed by atoms with van der Waals surface area (Å²) in [6.45, 7) is 0.492. The van der Waals surface area contributed by atoms with Crippen molar-refractivity contribution >= 4 is 74.1 Å². The molecule has 0 aliphatic rings. The van der Waals surface area contributed by atoms with Crippen LogP contribution in [0.2, 0.25) is 10.0 Å². The Morgan fingerprint density at radius 1 is 0.962 bits per heavy atom. The number of anilines is 1. The molecule has 3 rings (SSSR count). The van der Waals surface area contributed by atoms with Crippen molar-refractivity contribution < 1.29 is 9.84 Å². The molecule has 134 valence electrons. The van der Waals surface area contributed by atoms with Crippen LogP contribution in [0.5, 0.6) is 17.2 Å². The van der Waals surface area contributed by atoms with E-state index in [4.69, 9.17) is 27.9 Å². The van der Waals surface area contributed by atoms with Crippen LogP contribution in [0.4, 0.5) is 5.69 Å². The Hall–Kier alpha value is -0.900. The number of rotatable bonds is 5. The zero-order valence-corrected chi connectivity index (χ0v) is 19.1. The molecule has 0 aliphatic heterocycles. The summed E-state index contributed by atoms with van der Waals surface area (Å²) in [5.41, 5.74) is 1.67. The van der Waals surface area contributed by atoms with Crippen molar-refractivity contribution in [3.63, 3.8) is 0 Å². The fraction of sp³-hybridized carbons (Fsp3) is 0.0526. The summed E-state index contributed by atoms with van der Waals surface area (Å²) in [4.78, 5) is 0. The number of hydrogen-bond donors (Lipinski definition) is 2. The first-order chi connectivity index (χ1) is 12.4. The minimum absolute atomic E-state index is 0.298. The van der Waals surface area contributed by atoms with E-state index in [1.54, 1.807) is 36.4 Å². The topological polar surface area (TPSA) is 41.5 Å². The summed E-state index contributed by atoms with van der Waals surface area (Å²) in [7, 11) is 0. The van der Waals surface area contributed by atoms with Gasteiger partial charge in [-0.1, -0.05) is 23.2 Å². The van der Waals surface area contributed by atoms with E-state index in [0.29, 0.717) is 33.8 Å². The Bertz CT molecular complexity index is 934. The van der Waals surface area contributed by atoms with Crippen LogP contribution >= 0.6 is 68.4 Å². The van der Waals surface area contributed by atoms with Gasteiger partial charge in [0.2, 0.25) is 0 Å². The van der Waals surface area contributed by atoms with E-state index in [-0.39, 0.29) is 0 Å². The molecule has 0 aliphatic carbocycles. The van der Waals surface area contributed by atoms with Crippen LogP contribution in [0.1, 0.15) is 5.56 Å². The molecular formula is C19H13Cl2I2NO2. The molecule has 0 fully saturated rings. The average molecular weight is 612 g/mol. The van der Waals surface area contributed by atoms with Gasteiger partial charge in [-0.05, 0) is 99.8 Å². The zero-order chi connectivity index (χ0) is 18.7. The lowest BCUT2D eigenvalue weighted by molar-refractivity contribution is 0.465. The van der Waals surface area contributed by atoms with E-state index >= 15 is 0 Å². The molecule has 0 unspecified atom stereocenters. The van der Waals surface area contributed by atoms with Crippen LogP contribution in [0.15, 0.2) is 54.6 Å². The zero-order valence-electron chi connectivity index (χ0n) is 13.3. The molecule has 0 atom stereocenters. The summed E-state index contributed by atoms with van der Waals surface area (Å²) in [5.74, 6) is 1.52. The predicted molar refractivity (Wildman–Crippen MR) is 124 cm³/mol. The minimum atomic E-state index is 0.298. The van der Waals surface area contributed by atoms with Crippen LogP contribution in [-0.4, -0.2) is 5.11 Å². The van der Waals surface area contributed by atoms with Gasteiger partial charge in [-0.25, -0.2) is 0 Å². The highest BCUT2D eigenvalue weighted by Crippen LogP contribution is 2.33. The van der Waals surface area contributed by atoms with Gasteiger partial charge in [-0.15, -0.1) is 0 Å². The third kappa shape index (κ3) is 5.09. The largest absolute Gasteiger partial charge is 0.506 e. The Labute approximate surface area is 188 Å². The van der Waals surface area contributed by atoms with Crippen molar-refractivity contribution in [3.05, 3.63) is 77.3 Å². The molecule has 26 heavy (non-hydrogen) atoms. The molecule has 3 nitrogen and oxygen atoms in total. The highest BCUT2D eigenvalue weighted by atomic mass is 127. The molecule has 0 saturated carbocycles. The predicted octanol–water partition coefficient (Wildman–Crippen LogP) is 7.31. The van der Waals surface area contributed by atoms with Crippen molar-refractivity contribution in [2.24, 2.45) is 0 Å². The molecule has 0 aromatic heterocycles. The standard InChI is InChI=1S/C19H13Cl2I2NO2/c20-12-1-4-15(5-2-12)26-18-6-3-14(9-16(18)21)24-10-11-7-13(22)8-17(23)19(11)25/h1-9,24-25H,10H2. The second-order valence-electron chi connectivity index (χ2n) is 5.45. The second kappa shape index (κ2) is 8.86. The third-order valence-corrected chi connectivity index (χ3v) is 5.56. The van der Waals surface area contributed by atoms with Crippen LogP contribution in [0, 0.1) is 7.14 Å². The van der Waals surface area contributed by atoms with Gasteiger partial charge in [0.25, 0.3) is 0 Å². The monoisotopic (exact) mass is 611 g/mol. The summed E-state index contributed by atoms with van der Waals surface area (Å²) >= 11 is 16.6. The fourth-order valence-electron chi connectivity index (χ4n) is 2.27. The number of hydrogen-bond acceptors (Lipinski definition) is 3. The quantitative estimate of drug-likeness (QED) is 0.297. The molecule has 0 heterocycles. The molecule has 7 heteroatoms. The lowest BCUT2D eigenvalue weighted by atomic mass is 10.2. The van der Waals surface area contributed by atoms with Gasteiger partial charge in [0.05, 0.1) is 8.59 Å². The highest BCUT2D eigenvalue weighted by molar-refractivity contribution is 14.1. The van der Waals surface area contributed by atoms with E-state index in [1.165, 1.54) is 0 Å². The number of benzene rings is 3. The van der Waals surface area contributed by atoms with E-state index in [2.05, 4.69) is 50.5 Å². The number of phenols is 1. The number of nitrogens with one attached hydrogen (secondary N) is 1. The van der Waals surface area contributed by atoms with Gasteiger partial charge >= 0.3 is 0 Å². The summed E-state index contributed by atoms with van der Waals surface area (Å²) < 4.78 is 7.68. The van der Waals surface area contributed by atoms with Crippen molar-refractivity contribution in [1.82, 2.24) is 0 Å². The second-order valence-corrected chi connectivity index (χ2v) is 8.70. The van der Waals surface area contributed by atoms with E-state index in [0.717, 1.165) is 18.4 Å². The van der Waals surface area contributed by atoms with Gasteiger partial charge in [0.15, 0.2) is 0 Å². The number of ether oxygens (including phenoxy) is 1. The van der Waals surface area contributed by atoms with Crippen LogP contribution in [-0.2, 0) is 6.54 Å². The Morgan fingerprint density at radius 3 is 2.38 bits per heavy atom. The van der Waals surface area contributed by atoms with Gasteiger partial charge in [0.1, 0.15) is 17.2 Å². The van der Waals surface area contributed by atoms with Crippen molar-refractivity contribution in [2.45, 2.75) is 6.54 Å². The van der Waals surface area contributed by atoms with Crippen LogP contribution in [0.25, 0.3) is 0 Å². The van der Waals surface area contributed by atoms with E-state index in [9.17, 15) is 5.11 Å². The number of phenolic OH excluding ortho intramolecular Hbond substituents is 1. The molecule has 3 aromatic rings. The van der Waals surface area contributed by atoms with Crippen LogP contribution in [0.3, 0.4) is 0 Å². The SMILES string of the molecule is Oc1c(I)cc(I)cc1CNc1ccc(Oc2ccc(Cl)cc2)c(Cl)c1. The van der Waals surface area contributed by atoms with Gasteiger partial charge < -0.3 is 15.2 Å². The summed E-state index contributed by atoms with van der Waals surface area (Å²) in [6, 6.07) is 16.4. The summed E-state index contributed by atoms with van der Waals surface area (Å²) in [5, 5.41) is 14.6. The van der Waals surface area contributed by atoms with Gasteiger partial charge in [0, 0.05) is 26.4 Å². The molecule has 0 radical (unpaired) electrons. The fourth-order valence-corrected chi connectivity index (χ4v) is 4.58. The van der Waals surface area contributed by atoms with Gasteiger partial charge in [-0.2, -0.15) is 0 Å². The molecule has 0 saturated heterocycles. The average Bonchev–Trinajstić information content (AvgIpc) is 2.61. The maximum Gasteiger partial charge on any atom is 0.146 e. The van der Waals surface area contributed by atoms with E-state index < -0.39 is 0 Å². The van der Waals surface area contributed by atoms with Crippen LogP contribution < -0.4 is 10.1 Å². The summed E-state index contributed by atoms with van der Waals surface area (Å²) in [6.07, 6.45) is 0. The molecular weight excluding hydrogens is 599 g/mol. The lowest BCUT2D eigenvalue weighted by Gasteiger charge is -2.12. The smallest absolute Gasteiger partial charge is 0.146 e. The van der Waals surface area contributed by atoms with Crippen molar-refractivity contribution in [3.8, 4) is 17.2 Å². The minimum Gasteiger partial charge on any atom is -0.506 e. The van der Waals surface area contributed by atoms with Crippen molar-refractivity contribution in [1.29, 1.82) is 0 Å². The molecule has 0 amide bonds. The molecule has 0 bridgehead atoms. The molecule has 2 N–H and O–H groups in total. The van der Waals surface area contributed by atoms with Gasteiger partial charge in [-0.3, -0.25) is 0 Å². The number of halogens is 4. The van der Waals surface area contributed by atoms with E-state index in [1.807, 2.05) is 18.2 Å². The first-order valence-corrected chi connectivity index (χ1v) is 10.5. The highest BCUT2D eigenvalue weighted by Gasteiger charge is 2.09. The first kappa shape index (κ1) is 19.9. The lowest BCUT2D eigenvalue weighted by Crippen LogP contribution is -2.01. The maximum atomic E-state index is 10.2. The maximum absolute atomic E-state index is 10.2. The Kier molecular flexibility index (Phi) is 6.76. The Balaban J connectivity index is 1.71. The number of aromatic hydroxyl groups is 1. The Morgan fingerprint density at radius 2 is 1.69 bits per heavy atom. The first-order valence-electron chi connectivity index (χ1n) is 7.56. The molecule has 0 spiro atoms. The molecule has 3 aromatic carbocycles. The van der Waals surface area contributed by atoms with Crippen molar-refractivity contribution in [2.75, 3.05) is 5.32 Å². The third-order valence-electron chi connectivity index (χ3n) is 3.56. The normalized spacial score (nSPS) is 10.6.